The highest BCUT2D eigenvalue weighted by atomic mass is 32.2. The molecule has 0 spiro atoms. The van der Waals surface area contributed by atoms with Gasteiger partial charge in [-0.25, -0.2) is 0 Å². The van der Waals surface area contributed by atoms with Crippen LogP contribution in [0.25, 0.3) is 0 Å². The zero-order valence-electron chi connectivity index (χ0n) is 7.78. The van der Waals surface area contributed by atoms with Crippen molar-refractivity contribution in [2.24, 2.45) is 5.92 Å². The second-order valence-corrected chi connectivity index (χ2v) is 3.80. The first-order valence-electron chi connectivity index (χ1n) is 4.04. The summed E-state index contributed by atoms with van der Waals surface area (Å²) in [5.74, 6) is 1.68. The monoisotopic (exact) mass is 202 g/mol. The van der Waals surface area contributed by atoms with Gasteiger partial charge in [0.2, 0.25) is 0 Å². The van der Waals surface area contributed by atoms with Gasteiger partial charge in [-0.3, -0.25) is 0 Å². The molecule has 1 rings (SSSR count). The van der Waals surface area contributed by atoms with Crippen LogP contribution in [0.3, 0.4) is 0 Å². The van der Waals surface area contributed by atoms with E-state index in [0.29, 0.717) is 11.9 Å². The number of nitrogens with one attached hydrogen (secondary N) is 1. The number of rotatable bonds is 5. The maximum Gasteiger partial charge on any atom is 0.316 e. The predicted molar refractivity (Wildman–Crippen MR) is 54.7 cm³/mol. The molecule has 0 amide bonds. The van der Waals surface area contributed by atoms with Crippen molar-refractivity contribution in [3.8, 4) is 0 Å². The van der Waals surface area contributed by atoms with Gasteiger partial charge < -0.3 is 15.5 Å². The van der Waals surface area contributed by atoms with Gasteiger partial charge in [-0.1, -0.05) is 17.1 Å². The number of hydrogen-bond donors (Lipinski definition) is 2. The van der Waals surface area contributed by atoms with E-state index in [4.69, 9.17) is 10.2 Å². The summed E-state index contributed by atoms with van der Waals surface area (Å²) in [4.78, 5) is 0. The molecule has 13 heavy (non-hydrogen) atoms. The Morgan fingerprint density at radius 1 is 1.62 bits per heavy atom. The summed E-state index contributed by atoms with van der Waals surface area (Å²) in [7, 11) is 0. The van der Waals surface area contributed by atoms with E-state index in [1.54, 1.807) is 0 Å². The Kier molecular flexibility index (Phi) is 3.88. The van der Waals surface area contributed by atoms with Gasteiger partial charge >= 0.3 is 12.0 Å². The zero-order valence-corrected chi connectivity index (χ0v) is 8.60. The normalized spacial score (nSPS) is 12.8. The first-order valence-corrected chi connectivity index (χ1v) is 5.43. The SMILES string of the molecule is CSCC(C)CNc1nnc(N)o1. The highest BCUT2D eigenvalue weighted by molar-refractivity contribution is 7.98. The molecule has 0 saturated heterocycles. The minimum atomic E-state index is 0.0972. The molecule has 0 aliphatic heterocycles. The first kappa shape index (κ1) is 10.2. The van der Waals surface area contributed by atoms with Crippen LogP contribution in [0.4, 0.5) is 12.0 Å². The van der Waals surface area contributed by atoms with Crippen LogP contribution in [0.2, 0.25) is 0 Å². The predicted octanol–water partition coefficient (Wildman–Crippen LogP) is 1.06. The van der Waals surface area contributed by atoms with Gasteiger partial charge in [0, 0.05) is 6.54 Å². The minimum absolute atomic E-state index is 0.0972. The average Bonchev–Trinajstić information content (AvgIpc) is 2.49. The Bertz CT molecular complexity index is 252. The van der Waals surface area contributed by atoms with E-state index in [2.05, 4.69) is 28.7 Å². The molecule has 0 radical (unpaired) electrons. The number of anilines is 2. The molecule has 5 nitrogen and oxygen atoms in total. The van der Waals surface area contributed by atoms with Crippen molar-refractivity contribution in [3.05, 3.63) is 0 Å². The summed E-state index contributed by atoms with van der Waals surface area (Å²) < 4.78 is 4.95. The molecular weight excluding hydrogens is 188 g/mol. The van der Waals surface area contributed by atoms with Gasteiger partial charge in [-0.2, -0.15) is 11.8 Å². The van der Waals surface area contributed by atoms with E-state index >= 15 is 0 Å². The van der Waals surface area contributed by atoms with Crippen molar-refractivity contribution in [1.82, 2.24) is 10.2 Å². The van der Waals surface area contributed by atoms with E-state index < -0.39 is 0 Å². The summed E-state index contributed by atoms with van der Waals surface area (Å²) in [6, 6.07) is 0.491. The third kappa shape index (κ3) is 3.54. The van der Waals surface area contributed by atoms with Crippen molar-refractivity contribution < 1.29 is 4.42 Å². The summed E-state index contributed by atoms with van der Waals surface area (Å²) >= 11 is 1.82. The third-order valence-electron chi connectivity index (χ3n) is 1.49. The van der Waals surface area contributed by atoms with E-state index in [1.165, 1.54) is 0 Å². The molecule has 1 aromatic heterocycles. The van der Waals surface area contributed by atoms with Crippen LogP contribution in [-0.2, 0) is 0 Å². The molecule has 0 aliphatic carbocycles. The summed E-state index contributed by atoms with van der Waals surface area (Å²) in [5, 5.41) is 10.2. The zero-order chi connectivity index (χ0) is 9.68. The van der Waals surface area contributed by atoms with Crippen LogP contribution >= 0.6 is 11.8 Å². The van der Waals surface area contributed by atoms with Crippen LogP contribution < -0.4 is 11.1 Å². The van der Waals surface area contributed by atoms with Crippen LogP contribution in [0, 0.1) is 5.92 Å². The molecule has 6 heteroatoms. The topological polar surface area (TPSA) is 77.0 Å². The number of nitrogens with two attached hydrogens (primary N) is 1. The van der Waals surface area contributed by atoms with Gasteiger partial charge in [0.1, 0.15) is 0 Å². The van der Waals surface area contributed by atoms with Gasteiger partial charge in [0.25, 0.3) is 0 Å². The Balaban J connectivity index is 2.26. The number of nitrogen functional groups attached to an aromatic ring is 1. The van der Waals surface area contributed by atoms with E-state index in [-0.39, 0.29) is 6.01 Å². The highest BCUT2D eigenvalue weighted by Crippen LogP contribution is 2.09. The fourth-order valence-electron chi connectivity index (χ4n) is 0.911. The number of aromatic nitrogens is 2. The van der Waals surface area contributed by atoms with Gasteiger partial charge in [-0.05, 0) is 17.9 Å². The average molecular weight is 202 g/mol. The molecule has 0 bridgehead atoms. The van der Waals surface area contributed by atoms with Gasteiger partial charge in [0.15, 0.2) is 0 Å². The fraction of sp³-hybridized carbons (Fsp3) is 0.714. The standard InChI is InChI=1S/C7H14N4OS/c1-5(4-13-2)3-9-7-11-10-6(8)12-7/h5H,3-4H2,1-2H3,(H2,8,10)(H,9,11). The van der Waals surface area contributed by atoms with Crippen LogP contribution in [0.1, 0.15) is 6.92 Å². The van der Waals surface area contributed by atoms with Crippen molar-refractivity contribution in [2.45, 2.75) is 6.92 Å². The second-order valence-electron chi connectivity index (χ2n) is 2.89. The number of thioether (sulfide) groups is 1. The number of hydrogen-bond acceptors (Lipinski definition) is 6. The summed E-state index contributed by atoms with van der Waals surface area (Å²) in [6.07, 6.45) is 2.08. The molecular formula is C7H14N4OS. The van der Waals surface area contributed by atoms with E-state index in [0.717, 1.165) is 12.3 Å². The van der Waals surface area contributed by atoms with Gasteiger partial charge in [0.05, 0.1) is 0 Å². The van der Waals surface area contributed by atoms with E-state index in [1.807, 2.05) is 11.8 Å². The second kappa shape index (κ2) is 4.96. The molecule has 0 fully saturated rings. The molecule has 1 unspecified atom stereocenters. The van der Waals surface area contributed by atoms with Crippen molar-refractivity contribution in [2.75, 3.05) is 29.6 Å². The molecule has 3 N–H and O–H groups in total. The Morgan fingerprint density at radius 2 is 2.38 bits per heavy atom. The number of nitrogens with zero attached hydrogens (tertiary/aromatic N) is 2. The molecule has 1 heterocycles. The van der Waals surface area contributed by atoms with Gasteiger partial charge in [-0.15, -0.1) is 0 Å². The largest absolute Gasteiger partial charge is 0.390 e. The quantitative estimate of drug-likeness (QED) is 0.743. The van der Waals surface area contributed by atoms with Crippen molar-refractivity contribution in [3.63, 3.8) is 0 Å². The lowest BCUT2D eigenvalue weighted by molar-refractivity contribution is 0.575. The first-order chi connectivity index (χ1) is 6.22. The van der Waals surface area contributed by atoms with Crippen molar-refractivity contribution >= 4 is 23.8 Å². The minimum Gasteiger partial charge on any atom is -0.390 e. The van der Waals surface area contributed by atoms with Crippen LogP contribution in [-0.4, -0.2) is 28.8 Å². The maximum absolute atomic E-state index is 5.26. The maximum atomic E-state index is 5.26. The van der Waals surface area contributed by atoms with Crippen molar-refractivity contribution in [1.29, 1.82) is 0 Å². The Labute approximate surface area is 81.5 Å². The van der Waals surface area contributed by atoms with Crippen LogP contribution in [0.5, 0.6) is 0 Å². The summed E-state index contributed by atoms with van der Waals surface area (Å²) in [5.41, 5.74) is 5.26. The fourth-order valence-corrected chi connectivity index (χ4v) is 1.60. The smallest absolute Gasteiger partial charge is 0.316 e. The molecule has 0 aromatic carbocycles. The van der Waals surface area contributed by atoms with E-state index in [9.17, 15) is 0 Å². The van der Waals surface area contributed by atoms with Crippen LogP contribution in [0.15, 0.2) is 4.42 Å². The molecule has 0 aliphatic rings. The Hall–Kier alpha value is -0.910. The molecule has 1 atom stereocenters. The highest BCUT2D eigenvalue weighted by Gasteiger charge is 2.04. The molecule has 0 saturated carbocycles. The lowest BCUT2D eigenvalue weighted by Gasteiger charge is -2.08. The lowest BCUT2D eigenvalue weighted by atomic mass is 10.2. The molecule has 1 aromatic rings. The molecule has 74 valence electrons. The third-order valence-corrected chi connectivity index (χ3v) is 2.40. The lowest BCUT2D eigenvalue weighted by Crippen LogP contribution is -2.13. The Morgan fingerprint density at radius 3 is 2.92 bits per heavy atom. The summed E-state index contributed by atoms with van der Waals surface area (Å²) in [6.45, 7) is 2.98.